The molecule has 1 amide bonds. The van der Waals surface area contributed by atoms with Crippen LogP contribution >= 0.6 is 15.9 Å². The van der Waals surface area contributed by atoms with Crippen LogP contribution in [0.15, 0.2) is 40.9 Å². The van der Waals surface area contributed by atoms with E-state index in [2.05, 4.69) is 21.2 Å². The Balaban J connectivity index is 2.40. The standard InChI is InChI=1S/C16H14BrN3O5/c1-9-13(7-11(19(22)23)8-15(9)20(24)25)16(21)18-10(2)12-5-3-4-6-14(12)17/h3-8,10H,1-2H3,(H,18,21). The quantitative estimate of drug-likeness (QED) is 0.592. The SMILES string of the molecule is Cc1c(C(=O)NC(C)c2ccccc2Br)cc([N+](=O)[O-])cc1[N+](=O)[O-]. The minimum absolute atomic E-state index is 0.0763. The molecule has 0 aliphatic rings. The number of benzene rings is 2. The molecule has 2 rings (SSSR count). The number of nitrogens with one attached hydrogen (secondary N) is 1. The number of nitro benzene ring substituents is 2. The van der Waals surface area contributed by atoms with Gasteiger partial charge < -0.3 is 5.32 Å². The summed E-state index contributed by atoms with van der Waals surface area (Å²) in [6, 6.07) is 8.77. The number of rotatable bonds is 5. The number of amides is 1. The lowest BCUT2D eigenvalue weighted by Crippen LogP contribution is -2.27. The predicted molar refractivity (Wildman–Crippen MR) is 94.5 cm³/mol. The van der Waals surface area contributed by atoms with Gasteiger partial charge in [0.05, 0.1) is 27.5 Å². The van der Waals surface area contributed by atoms with E-state index in [0.717, 1.165) is 22.2 Å². The maximum absolute atomic E-state index is 12.5. The molecule has 8 nitrogen and oxygen atoms in total. The van der Waals surface area contributed by atoms with Crippen LogP contribution in [0.1, 0.15) is 34.5 Å². The summed E-state index contributed by atoms with van der Waals surface area (Å²) in [7, 11) is 0. The summed E-state index contributed by atoms with van der Waals surface area (Å²) >= 11 is 3.39. The van der Waals surface area contributed by atoms with E-state index in [1.807, 2.05) is 24.3 Å². The van der Waals surface area contributed by atoms with Crippen LogP contribution in [0.5, 0.6) is 0 Å². The first-order valence-electron chi connectivity index (χ1n) is 7.21. The van der Waals surface area contributed by atoms with Crippen LogP contribution in [0.4, 0.5) is 11.4 Å². The first-order chi connectivity index (χ1) is 11.7. The zero-order valence-electron chi connectivity index (χ0n) is 13.4. The minimum Gasteiger partial charge on any atom is -0.345 e. The second kappa shape index (κ2) is 7.39. The van der Waals surface area contributed by atoms with Crippen molar-refractivity contribution in [2.24, 2.45) is 0 Å². The number of non-ortho nitro benzene ring substituents is 1. The highest BCUT2D eigenvalue weighted by Gasteiger charge is 2.25. The summed E-state index contributed by atoms with van der Waals surface area (Å²) in [4.78, 5) is 33.1. The smallest absolute Gasteiger partial charge is 0.279 e. The Labute approximate surface area is 151 Å². The van der Waals surface area contributed by atoms with Crippen LogP contribution in [-0.4, -0.2) is 15.8 Å². The van der Waals surface area contributed by atoms with E-state index in [-0.39, 0.29) is 11.1 Å². The number of carbonyl (C=O) groups excluding carboxylic acids is 1. The third-order valence-electron chi connectivity index (χ3n) is 3.74. The number of halogens is 1. The molecule has 0 bridgehead atoms. The van der Waals surface area contributed by atoms with Gasteiger partial charge in [0.25, 0.3) is 17.3 Å². The number of carbonyl (C=O) groups is 1. The van der Waals surface area contributed by atoms with Crippen molar-refractivity contribution in [2.75, 3.05) is 0 Å². The summed E-state index contributed by atoms with van der Waals surface area (Å²) in [5.41, 5.74) is -0.176. The second-order valence-corrected chi connectivity index (χ2v) is 6.22. The van der Waals surface area contributed by atoms with Gasteiger partial charge in [0.1, 0.15) is 0 Å². The summed E-state index contributed by atoms with van der Waals surface area (Å²) < 4.78 is 0.796. The molecule has 0 heterocycles. The fourth-order valence-corrected chi connectivity index (χ4v) is 3.02. The largest absolute Gasteiger partial charge is 0.345 e. The van der Waals surface area contributed by atoms with Gasteiger partial charge in [-0.25, -0.2) is 0 Å². The molecule has 0 saturated carbocycles. The van der Waals surface area contributed by atoms with Crippen molar-refractivity contribution in [1.29, 1.82) is 0 Å². The molecular formula is C16H14BrN3O5. The molecule has 2 aromatic carbocycles. The van der Waals surface area contributed by atoms with Crippen molar-refractivity contribution in [3.05, 3.63) is 77.8 Å². The summed E-state index contributed by atoms with van der Waals surface area (Å²) in [6.07, 6.45) is 0. The Morgan fingerprint density at radius 1 is 1.16 bits per heavy atom. The van der Waals surface area contributed by atoms with Gasteiger partial charge in [0, 0.05) is 16.1 Å². The number of hydrogen-bond acceptors (Lipinski definition) is 5. The Hall–Kier alpha value is -2.81. The molecule has 0 radical (unpaired) electrons. The third kappa shape index (κ3) is 4.00. The van der Waals surface area contributed by atoms with Crippen molar-refractivity contribution >= 4 is 33.2 Å². The molecule has 1 unspecified atom stereocenters. The highest BCUT2D eigenvalue weighted by atomic mass is 79.9. The van der Waals surface area contributed by atoms with E-state index in [1.54, 1.807) is 6.92 Å². The second-order valence-electron chi connectivity index (χ2n) is 5.37. The number of nitro groups is 2. The van der Waals surface area contributed by atoms with Crippen LogP contribution in [0.2, 0.25) is 0 Å². The molecule has 25 heavy (non-hydrogen) atoms. The Morgan fingerprint density at radius 3 is 2.36 bits per heavy atom. The van der Waals surface area contributed by atoms with Crippen molar-refractivity contribution in [3.63, 3.8) is 0 Å². The van der Waals surface area contributed by atoms with E-state index in [9.17, 15) is 25.0 Å². The van der Waals surface area contributed by atoms with Crippen LogP contribution in [-0.2, 0) is 0 Å². The van der Waals surface area contributed by atoms with Crippen LogP contribution in [0, 0.1) is 27.2 Å². The highest BCUT2D eigenvalue weighted by Crippen LogP contribution is 2.29. The van der Waals surface area contributed by atoms with Gasteiger partial charge >= 0.3 is 0 Å². The van der Waals surface area contributed by atoms with E-state index in [0.29, 0.717) is 0 Å². The van der Waals surface area contributed by atoms with Crippen LogP contribution in [0.25, 0.3) is 0 Å². The zero-order valence-corrected chi connectivity index (χ0v) is 14.9. The number of nitrogens with zero attached hydrogens (tertiary/aromatic N) is 2. The molecule has 130 valence electrons. The molecule has 2 aromatic rings. The summed E-state index contributed by atoms with van der Waals surface area (Å²) in [6.45, 7) is 3.14. The lowest BCUT2D eigenvalue weighted by atomic mass is 10.0. The molecule has 1 atom stereocenters. The van der Waals surface area contributed by atoms with Crippen molar-refractivity contribution in [2.45, 2.75) is 19.9 Å². The average molecular weight is 408 g/mol. The van der Waals surface area contributed by atoms with E-state index in [1.165, 1.54) is 6.92 Å². The Kier molecular flexibility index (Phi) is 5.48. The minimum atomic E-state index is -0.763. The van der Waals surface area contributed by atoms with Gasteiger partial charge in [-0.05, 0) is 25.5 Å². The molecule has 0 saturated heterocycles. The molecule has 0 aliphatic carbocycles. The van der Waals surface area contributed by atoms with Crippen LogP contribution in [0.3, 0.4) is 0 Å². The van der Waals surface area contributed by atoms with E-state index >= 15 is 0 Å². The molecule has 1 N–H and O–H groups in total. The number of hydrogen-bond donors (Lipinski definition) is 1. The fraction of sp³-hybridized carbons (Fsp3) is 0.188. The first kappa shape index (κ1) is 18.5. The molecule has 0 spiro atoms. The molecular weight excluding hydrogens is 394 g/mol. The van der Waals surface area contributed by atoms with Crippen molar-refractivity contribution < 1.29 is 14.6 Å². The molecule has 0 aliphatic heterocycles. The van der Waals surface area contributed by atoms with E-state index in [4.69, 9.17) is 0 Å². The van der Waals surface area contributed by atoms with Crippen LogP contribution < -0.4 is 5.32 Å². The highest BCUT2D eigenvalue weighted by molar-refractivity contribution is 9.10. The summed E-state index contributed by atoms with van der Waals surface area (Å²) in [5, 5.41) is 24.8. The predicted octanol–water partition coefficient (Wildman–Crippen LogP) is 4.06. The van der Waals surface area contributed by atoms with Gasteiger partial charge in [-0.1, -0.05) is 34.1 Å². The van der Waals surface area contributed by atoms with Gasteiger partial charge in [0.15, 0.2) is 0 Å². The monoisotopic (exact) mass is 407 g/mol. The molecule has 9 heteroatoms. The molecule has 0 fully saturated rings. The summed E-state index contributed by atoms with van der Waals surface area (Å²) in [5.74, 6) is -0.618. The maximum atomic E-state index is 12.5. The fourth-order valence-electron chi connectivity index (χ4n) is 2.39. The lowest BCUT2D eigenvalue weighted by molar-refractivity contribution is -0.394. The van der Waals surface area contributed by atoms with Gasteiger partial charge in [-0.2, -0.15) is 0 Å². The normalized spacial score (nSPS) is 11.6. The zero-order chi connectivity index (χ0) is 18.7. The van der Waals surface area contributed by atoms with Crippen molar-refractivity contribution in [1.82, 2.24) is 5.32 Å². The Bertz CT molecular complexity index is 869. The molecule has 0 aromatic heterocycles. The first-order valence-corrected chi connectivity index (χ1v) is 8.00. The third-order valence-corrected chi connectivity index (χ3v) is 4.46. The maximum Gasteiger partial charge on any atom is 0.279 e. The van der Waals surface area contributed by atoms with Gasteiger partial charge in [0.2, 0.25) is 0 Å². The van der Waals surface area contributed by atoms with Gasteiger partial charge in [-0.3, -0.25) is 25.0 Å². The average Bonchev–Trinajstić information content (AvgIpc) is 2.54. The van der Waals surface area contributed by atoms with E-state index < -0.39 is 33.2 Å². The van der Waals surface area contributed by atoms with Crippen molar-refractivity contribution in [3.8, 4) is 0 Å². The lowest BCUT2D eigenvalue weighted by Gasteiger charge is -2.16. The van der Waals surface area contributed by atoms with Gasteiger partial charge in [-0.15, -0.1) is 0 Å². The topological polar surface area (TPSA) is 115 Å². The Morgan fingerprint density at radius 2 is 1.80 bits per heavy atom.